The molecule has 90 valence electrons. The van der Waals surface area contributed by atoms with Crippen molar-refractivity contribution in [2.24, 2.45) is 0 Å². The third-order valence-corrected chi connectivity index (χ3v) is 2.48. The van der Waals surface area contributed by atoms with E-state index in [0.29, 0.717) is 16.7 Å². The molecule has 0 amide bonds. The lowest BCUT2D eigenvalue weighted by Gasteiger charge is -2.11. The van der Waals surface area contributed by atoms with Crippen LogP contribution in [-0.4, -0.2) is 29.8 Å². The minimum absolute atomic E-state index is 0.0723. The van der Waals surface area contributed by atoms with Crippen LogP contribution in [-0.2, 0) is 9.53 Å². The Kier molecular flexibility index (Phi) is 2.97. The molecule has 0 fully saturated rings. The minimum atomic E-state index is -0.975. The molecular weight excluding hydrogens is 226 g/mol. The van der Waals surface area contributed by atoms with Crippen LogP contribution in [0.3, 0.4) is 0 Å². The molecule has 17 heavy (non-hydrogen) atoms. The molecule has 1 unspecified atom stereocenters. The molecule has 0 saturated heterocycles. The lowest BCUT2D eigenvalue weighted by Crippen LogP contribution is -2.16. The first kappa shape index (κ1) is 11.4. The quantitative estimate of drug-likeness (QED) is 0.825. The maximum Gasteiger partial charge on any atom is 0.417 e. The molecule has 1 aromatic heterocycles. The number of rotatable bonds is 4. The fourth-order valence-electron chi connectivity index (χ4n) is 1.66. The minimum Gasteiger partial charge on any atom is -0.481 e. The summed E-state index contributed by atoms with van der Waals surface area (Å²) in [5.41, 5.74) is 1.44. The van der Waals surface area contributed by atoms with Crippen LogP contribution in [0, 0.1) is 0 Å². The van der Waals surface area contributed by atoms with Gasteiger partial charge in [-0.25, -0.2) is 4.79 Å². The van der Waals surface area contributed by atoms with Crippen LogP contribution < -0.4 is 5.76 Å². The van der Waals surface area contributed by atoms with Crippen LogP contribution >= 0.6 is 0 Å². The molecule has 0 aliphatic rings. The van der Waals surface area contributed by atoms with Gasteiger partial charge in [-0.2, -0.15) is 0 Å². The molecule has 1 aromatic carbocycles. The van der Waals surface area contributed by atoms with E-state index in [9.17, 15) is 9.59 Å². The number of nitrogens with one attached hydrogen (secondary N) is 1. The van der Waals surface area contributed by atoms with E-state index in [1.165, 1.54) is 7.11 Å². The number of aromatic nitrogens is 1. The molecule has 1 atom stereocenters. The fraction of sp³-hybridized carbons (Fsp3) is 0.273. The van der Waals surface area contributed by atoms with Crippen molar-refractivity contribution in [2.45, 2.75) is 5.92 Å². The fourth-order valence-corrected chi connectivity index (χ4v) is 1.66. The van der Waals surface area contributed by atoms with Crippen LogP contribution in [0.4, 0.5) is 0 Å². The van der Waals surface area contributed by atoms with Gasteiger partial charge >= 0.3 is 11.7 Å². The molecule has 0 aliphatic carbocycles. The van der Waals surface area contributed by atoms with Crippen molar-refractivity contribution in [1.29, 1.82) is 0 Å². The van der Waals surface area contributed by atoms with Crippen molar-refractivity contribution < 1.29 is 19.1 Å². The van der Waals surface area contributed by atoms with Gasteiger partial charge in [0.25, 0.3) is 0 Å². The highest BCUT2D eigenvalue weighted by molar-refractivity contribution is 5.80. The Hall–Kier alpha value is -2.08. The molecule has 0 spiro atoms. The molecule has 2 rings (SSSR count). The van der Waals surface area contributed by atoms with Gasteiger partial charge in [0.1, 0.15) is 5.92 Å². The number of hydrogen-bond acceptors (Lipinski definition) is 4. The van der Waals surface area contributed by atoms with E-state index in [1.54, 1.807) is 18.2 Å². The predicted octanol–water partition coefficient (Wildman–Crippen LogP) is 0.936. The maximum atomic E-state index is 11.1. The van der Waals surface area contributed by atoms with Crippen molar-refractivity contribution in [3.63, 3.8) is 0 Å². The molecule has 1 heterocycles. The standard InChI is InChI=1S/C11H11NO5/c1-16-5-7(10(13)14)6-2-3-9-8(4-6)12-11(15)17-9/h2-4,7H,5H2,1H3,(H,12,15)(H,13,14). The average Bonchev–Trinajstić information content (AvgIpc) is 2.64. The first-order valence-corrected chi connectivity index (χ1v) is 4.96. The van der Waals surface area contributed by atoms with Crippen molar-refractivity contribution in [2.75, 3.05) is 13.7 Å². The highest BCUT2D eigenvalue weighted by Gasteiger charge is 2.20. The second-order valence-electron chi connectivity index (χ2n) is 3.62. The third-order valence-electron chi connectivity index (χ3n) is 2.48. The Bertz CT molecular complexity index is 597. The largest absolute Gasteiger partial charge is 0.481 e. The van der Waals surface area contributed by atoms with E-state index in [0.717, 1.165) is 0 Å². The van der Waals surface area contributed by atoms with Crippen molar-refractivity contribution in [3.8, 4) is 0 Å². The topological polar surface area (TPSA) is 92.5 Å². The lowest BCUT2D eigenvalue weighted by atomic mass is 10.00. The number of H-pyrrole nitrogens is 1. The Morgan fingerprint density at radius 2 is 2.35 bits per heavy atom. The first-order valence-electron chi connectivity index (χ1n) is 4.96. The Morgan fingerprint density at radius 1 is 1.59 bits per heavy atom. The smallest absolute Gasteiger partial charge is 0.417 e. The second kappa shape index (κ2) is 4.42. The van der Waals surface area contributed by atoms with E-state index in [1.807, 2.05) is 0 Å². The van der Waals surface area contributed by atoms with Gasteiger partial charge in [0, 0.05) is 7.11 Å². The van der Waals surface area contributed by atoms with Crippen LogP contribution in [0.15, 0.2) is 27.4 Å². The highest BCUT2D eigenvalue weighted by Crippen LogP contribution is 2.20. The SMILES string of the molecule is COCC(C(=O)O)c1ccc2oc(=O)[nH]c2c1. The number of carboxylic acid groups (broad SMARTS) is 1. The second-order valence-corrected chi connectivity index (χ2v) is 3.62. The molecule has 6 heteroatoms. The molecule has 2 N–H and O–H groups in total. The van der Waals surface area contributed by atoms with Gasteiger partial charge in [-0.1, -0.05) is 6.07 Å². The van der Waals surface area contributed by atoms with Crippen LogP contribution in [0.25, 0.3) is 11.1 Å². The van der Waals surface area contributed by atoms with Crippen LogP contribution in [0.1, 0.15) is 11.5 Å². The third kappa shape index (κ3) is 2.21. The predicted molar refractivity (Wildman–Crippen MR) is 59.1 cm³/mol. The van der Waals surface area contributed by atoms with Crippen molar-refractivity contribution in [1.82, 2.24) is 4.98 Å². The lowest BCUT2D eigenvalue weighted by molar-refractivity contribution is -0.140. The van der Waals surface area contributed by atoms with Gasteiger partial charge in [0.2, 0.25) is 0 Å². The van der Waals surface area contributed by atoms with E-state index in [2.05, 4.69) is 4.98 Å². The molecule has 2 aromatic rings. The van der Waals surface area contributed by atoms with Gasteiger partial charge in [0.15, 0.2) is 5.58 Å². The van der Waals surface area contributed by atoms with Gasteiger partial charge < -0.3 is 14.3 Å². The summed E-state index contributed by atoms with van der Waals surface area (Å²) in [6.07, 6.45) is 0. The zero-order valence-electron chi connectivity index (χ0n) is 9.10. The summed E-state index contributed by atoms with van der Waals surface area (Å²) in [4.78, 5) is 24.5. The normalized spacial score (nSPS) is 12.8. The summed E-state index contributed by atoms with van der Waals surface area (Å²) in [6.45, 7) is 0.0723. The number of ether oxygens (including phenoxy) is 1. The summed E-state index contributed by atoms with van der Waals surface area (Å²) >= 11 is 0. The van der Waals surface area contributed by atoms with E-state index in [4.69, 9.17) is 14.3 Å². The number of hydrogen-bond donors (Lipinski definition) is 2. The first-order chi connectivity index (χ1) is 8.11. The highest BCUT2D eigenvalue weighted by atomic mass is 16.5. The Labute approximate surface area is 95.8 Å². The van der Waals surface area contributed by atoms with Crippen LogP contribution in [0.2, 0.25) is 0 Å². The molecule has 0 bridgehead atoms. The molecule has 0 radical (unpaired) electrons. The zero-order chi connectivity index (χ0) is 12.4. The molecule has 0 aliphatic heterocycles. The summed E-state index contributed by atoms with van der Waals surface area (Å²) in [5.74, 6) is -2.30. The molecular formula is C11H11NO5. The number of aromatic amines is 1. The molecule has 0 saturated carbocycles. The van der Waals surface area contributed by atoms with Gasteiger partial charge in [-0.3, -0.25) is 9.78 Å². The van der Waals surface area contributed by atoms with Gasteiger partial charge in [0.05, 0.1) is 12.1 Å². The van der Waals surface area contributed by atoms with Crippen molar-refractivity contribution in [3.05, 3.63) is 34.3 Å². The number of carboxylic acids is 1. The number of aliphatic carboxylic acids is 1. The van der Waals surface area contributed by atoms with Gasteiger partial charge in [-0.15, -0.1) is 0 Å². The number of carbonyl (C=O) groups is 1. The number of oxazole rings is 1. The summed E-state index contributed by atoms with van der Waals surface area (Å²) in [6, 6.07) is 4.75. The summed E-state index contributed by atoms with van der Waals surface area (Å²) in [5, 5.41) is 9.06. The Morgan fingerprint density at radius 3 is 3.00 bits per heavy atom. The van der Waals surface area contributed by atoms with E-state index < -0.39 is 17.6 Å². The average molecular weight is 237 g/mol. The van der Waals surface area contributed by atoms with Crippen LogP contribution in [0.5, 0.6) is 0 Å². The number of benzene rings is 1. The zero-order valence-corrected chi connectivity index (χ0v) is 9.10. The molecule has 6 nitrogen and oxygen atoms in total. The summed E-state index contributed by atoms with van der Waals surface area (Å²) in [7, 11) is 1.44. The monoisotopic (exact) mass is 237 g/mol. The van der Waals surface area contributed by atoms with E-state index in [-0.39, 0.29) is 6.61 Å². The number of methoxy groups -OCH3 is 1. The van der Waals surface area contributed by atoms with Crippen molar-refractivity contribution >= 4 is 17.1 Å². The maximum absolute atomic E-state index is 11.1. The summed E-state index contributed by atoms with van der Waals surface area (Å²) < 4.78 is 9.69. The Balaban J connectivity index is 2.46. The number of fused-ring (bicyclic) bond motifs is 1. The van der Waals surface area contributed by atoms with E-state index >= 15 is 0 Å². The van der Waals surface area contributed by atoms with Gasteiger partial charge in [-0.05, 0) is 17.7 Å².